The number of hydrogen-bond donors (Lipinski definition) is 0. The SMILES string of the molecule is Cc1cn(CC(=O)N(C)C)ccc1=O. The van der Waals surface area contributed by atoms with Gasteiger partial charge in [0.05, 0.1) is 0 Å². The van der Waals surface area contributed by atoms with E-state index < -0.39 is 0 Å². The number of amides is 1. The molecule has 4 nitrogen and oxygen atoms in total. The molecule has 0 saturated heterocycles. The van der Waals surface area contributed by atoms with Gasteiger partial charge in [0.2, 0.25) is 5.91 Å². The van der Waals surface area contributed by atoms with Crippen molar-refractivity contribution in [3.8, 4) is 0 Å². The fraction of sp³-hybridized carbons (Fsp3) is 0.400. The Labute approximate surface area is 82.8 Å². The molecular formula is C10H14N2O2. The molecule has 1 aromatic rings. The molecule has 0 N–H and O–H groups in total. The standard InChI is InChI=1S/C10H14N2O2/c1-8-6-12(5-4-9(8)13)7-10(14)11(2)3/h4-6H,7H2,1-3H3. The highest BCUT2D eigenvalue weighted by atomic mass is 16.2. The second-order valence-electron chi connectivity index (χ2n) is 3.45. The van der Waals surface area contributed by atoms with E-state index >= 15 is 0 Å². The number of hydrogen-bond acceptors (Lipinski definition) is 2. The Morgan fingerprint density at radius 3 is 2.64 bits per heavy atom. The van der Waals surface area contributed by atoms with Crippen LogP contribution in [0.1, 0.15) is 5.56 Å². The molecule has 0 aliphatic carbocycles. The average molecular weight is 194 g/mol. The summed E-state index contributed by atoms with van der Waals surface area (Å²) < 4.78 is 1.71. The summed E-state index contributed by atoms with van der Waals surface area (Å²) in [5.41, 5.74) is 0.651. The Kier molecular flexibility index (Phi) is 3.06. The Bertz CT molecular complexity index is 393. The fourth-order valence-electron chi connectivity index (χ4n) is 1.05. The monoisotopic (exact) mass is 194 g/mol. The largest absolute Gasteiger partial charge is 0.347 e. The summed E-state index contributed by atoms with van der Waals surface area (Å²) in [7, 11) is 3.41. The Morgan fingerprint density at radius 1 is 1.50 bits per heavy atom. The zero-order valence-electron chi connectivity index (χ0n) is 8.65. The summed E-state index contributed by atoms with van der Waals surface area (Å²) in [6.07, 6.45) is 3.31. The number of pyridine rings is 1. The van der Waals surface area contributed by atoms with Gasteiger partial charge in [0, 0.05) is 38.1 Å². The summed E-state index contributed by atoms with van der Waals surface area (Å²) in [5.74, 6) is 0.00745. The zero-order chi connectivity index (χ0) is 10.7. The van der Waals surface area contributed by atoms with Crippen LogP contribution in [0.3, 0.4) is 0 Å². The van der Waals surface area contributed by atoms with Crippen molar-refractivity contribution >= 4 is 5.91 Å². The maximum atomic E-state index is 11.3. The first kappa shape index (κ1) is 10.5. The molecular weight excluding hydrogens is 180 g/mol. The van der Waals surface area contributed by atoms with Crippen LogP contribution in [0.4, 0.5) is 0 Å². The molecule has 0 fully saturated rings. The molecule has 1 amide bonds. The molecule has 0 aromatic carbocycles. The number of aryl methyl sites for hydroxylation is 1. The molecule has 1 rings (SSSR count). The summed E-state index contributed by atoms with van der Waals surface area (Å²) in [6.45, 7) is 2.01. The molecule has 1 aromatic heterocycles. The molecule has 0 spiro atoms. The van der Waals surface area contributed by atoms with Crippen LogP contribution >= 0.6 is 0 Å². The summed E-state index contributed by atoms with van der Waals surface area (Å²) >= 11 is 0. The van der Waals surface area contributed by atoms with Gasteiger partial charge in [-0.3, -0.25) is 9.59 Å². The van der Waals surface area contributed by atoms with Crippen LogP contribution in [0.15, 0.2) is 23.3 Å². The van der Waals surface area contributed by atoms with Crippen LogP contribution < -0.4 is 5.43 Å². The fourth-order valence-corrected chi connectivity index (χ4v) is 1.05. The van der Waals surface area contributed by atoms with Gasteiger partial charge in [-0.2, -0.15) is 0 Å². The highest BCUT2D eigenvalue weighted by Gasteiger charge is 2.04. The van der Waals surface area contributed by atoms with E-state index in [1.165, 1.54) is 11.0 Å². The lowest BCUT2D eigenvalue weighted by atomic mass is 10.3. The lowest BCUT2D eigenvalue weighted by Crippen LogP contribution is -2.26. The van der Waals surface area contributed by atoms with Crippen LogP contribution in [-0.4, -0.2) is 29.5 Å². The van der Waals surface area contributed by atoms with Crippen molar-refractivity contribution in [2.24, 2.45) is 0 Å². The van der Waals surface area contributed by atoms with Crippen molar-refractivity contribution in [2.45, 2.75) is 13.5 Å². The summed E-state index contributed by atoms with van der Waals surface area (Å²) in [6, 6.07) is 1.47. The second kappa shape index (κ2) is 4.09. The van der Waals surface area contributed by atoms with Crippen molar-refractivity contribution in [1.82, 2.24) is 9.47 Å². The maximum absolute atomic E-state index is 11.3. The molecule has 0 bridgehead atoms. The van der Waals surface area contributed by atoms with Crippen molar-refractivity contribution in [3.63, 3.8) is 0 Å². The molecule has 76 valence electrons. The van der Waals surface area contributed by atoms with E-state index in [-0.39, 0.29) is 17.9 Å². The smallest absolute Gasteiger partial charge is 0.241 e. The van der Waals surface area contributed by atoms with E-state index in [4.69, 9.17) is 0 Å². The van der Waals surface area contributed by atoms with Gasteiger partial charge in [-0.1, -0.05) is 0 Å². The van der Waals surface area contributed by atoms with Gasteiger partial charge in [-0.05, 0) is 6.92 Å². The third-order valence-electron chi connectivity index (χ3n) is 1.98. The first-order valence-corrected chi connectivity index (χ1v) is 4.37. The number of likely N-dealkylation sites (N-methyl/N-ethyl adjacent to an activating group) is 1. The molecule has 0 radical (unpaired) electrons. The minimum absolute atomic E-state index is 0.00134. The van der Waals surface area contributed by atoms with Crippen molar-refractivity contribution in [2.75, 3.05) is 14.1 Å². The van der Waals surface area contributed by atoms with E-state index in [1.54, 1.807) is 38.0 Å². The summed E-state index contributed by atoms with van der Waals surface area (Å²) in [5, 5.41) is 0. The highest BCUT2D eigenvalue weighted by Crippen LogP contribution is 1.92. The molecule has 0 atom stereocenters. The predicted molar refractivity (Wildman–Crippen MR) is 54.1 cm³/mol. The van der Waals surface area contributed by atoms with Crippen LogP contribution in [0.25, 0.3) is 0 Å². The number of carbonyl (C=O) groups is 1. The molecule has 0 aliphatic rings. The van der Waals surface area contributed by atoms with Crippen LogP contribution in [0.5, 0.6) is 0 Å². The van der Waals surface area contributed by atoms with Crippen molar-refractivity contribution in [3.05, 3.63) is 34.2 Å². The quantitative estimate of drug-likeness (QED) is 0.677. The van der Waals surface area contributed by atoms with Crippen molar-refractivity contribution in [1.29, 1.82) is 0 Å². The molecule has 0 aliphatic heterocycles. The summed E-state index contributed by atoms with van der Waals surface area (Å²) in [4.78, 5) is 23.9. The normalized spacial score (nSPS) is 9.93. The predicted octanol–water partition coefficient (Wildman–Crippen LogP) is 0.245. The van der Waals surface area contributed by atoms with E-state index in [2.05, 4.69) is 0 Å². The van der Waals surface area contributed by atoms with E-state index in [9.17, 15) is 9.59 Å². The average Bonchev–Trinajstić information content (AvgIpc) is 2.11. The number of rotatable bonds is 2. The molecule has 4 heteroatoms. The zero-order valence-corrected chi connectivity index (χ0v) is 8.65. The Hall–Kier alpha value is -1.58. The van der Waals surface area contributed by atoms with Gasteiger partial charge in [0.1, 0.15) is 6.54 Å². The number of aromatic nitrogens is 1. The Balaban J connectivity index is 2.83. The van der Waals surface area contributed by atoms with Crippen molar-refractivity contribution < 1.29 is 4.79 Å². The van der Waals surface area contributed by atoms with E-state index in [1.807, 2.05) is 0 Å². The minimum Gasteiger partial charge on any atom is -0.347 e. The topological polar surface area (TPSA) is 42.3 Å². The third kappa shape index (κ3) is 2.45. The lowest BCUT2D eigenvalue weighted by molar-refractivity contribution is -0.129. The van der Waals surface area contributed by atoms with Gasteiger partial charge >= 0.3 is 0 Å². The van der Waals surface area contributed by atoms with Gasteiger partial charge in [0.15, 0.2) is 5.43 Å². The third-order valence-corrected chi connectivity index (χ3v) is 1.98. The number of nitrogens with zero attached hydrogens (tertiary/aromatic N) is 2. The molecule has 0 unspecified atom stereocenters. The first-order valence-electron chi connectivity index (χ1n) is 4.37. The van der Waals surface area contributed by atoms with Gasteiger partial charge in [-0.15, -0.1) is 0 Å². The molecule has 1 heterocycles. The highest BCUT2D eigenvalue weighted by molar-refractivity contribution is 5.75. The van der Waals surface area contributed by atoms with Gasteiger partial charge in [0.25, 0.3) is 0 Å². The van der Waals surface area contributed by atoms with Crippen LogP contribution in [-0.2, 0) is 11.3 Å². The Morgan fingerprint density at radius 2 is 2.14 bits per heavy atom. The van der Waals surface area contributed by atoms with Gasteiger partial charge < -0.3 is 9.47 Å². The maximum Gasteiger partial charge on any atom is 0.241 e. The van der Waals surface area contributed by atoms with Crippen LogP contribution in [0, 0.1) is 6.92 Å². The van der Waals surface area contributed by atoms with Crippen LogP contribution in [0.2, 0.25) is 0 Å². The number of carbonyl (C=O) groups excluding carboxylic acids is 1. The first-order chi connectivity index (χ1) is 6.50. The minimum atomic E-state index is -0.00134. The lowest BCUT2D eigenvalue weighted by Gasteiger charge is -2.12. The molecule has 0 saturated carbocycles. The molecule has 14 heavy (non-hydrogen) atoms. The van der Waals surface area contributed by atoms with E-state index in [0.717, 1.165) is 0 Å². The van der Waals surface area contributed by atoms with E-state index in [0.29, 0.717) is 5.56 Å². The van der Waals surface area contributed by atoms with Gasteiger partial charge in [-0.25, -0.2) is 0 Å². The second-order valence-corrected chi connectivity index (χ2v) is 3.45.